The lowest BCUT2D eigenvalue weighted by Crippen LogP contribution is -2.36. The van der Waals surface area contributed by atoms with Crippen LogP contribution in [0.2, 0.25) is 0 Å². The second-order valence-electron chi connectivity index (χ2n) is 11.2. The van der Waals surface area contributed by atoms with Crippen LogP contribution in [0.1, 0.15) is 48.2 Å². The topological polar surface area (TPSA) is 128 Å². The normalized spacial score (nSPS) is 23.6. The van der Waals surface area contributed by atoms with E-state index in [0.717, 1.165) is 56.6 Å². The van der Waals surface area contributed by atoms with E-state index in [1.807, 2.05) is 6.92 Å². The number of benzene rings is 1. The molecule has 6 rings (SSSR count). The van der Waals surface area contributed by atoms with E-state index in [4.69, 9.17) is 5.11 Å². The van der Waals surface area contributed by atoms with E-state index in [-0.39, 0.29) is 11.7 Å². The molecule has 4 fully saturated rings. The number of fused-ring (bicyclic) bond motifs is 1. The molecule has 4 aliphatic rings. The summed E-state index contributed by atoms with van der Waals surface area (Å²) >= 11 is 0. The first-order chi connectivity index (χ1) is 17.7. The quantitative estimate of drug-likeness (QED) is 0.479. The Labute approximate surface area is 217 Å². The number of hydrogen-bond donors (Lipinski definition) is 3. The number of aryl methyl sites for hydroxylation is 1. The summed E-state index contributed by atoms with van der Waals surface area (Å²) in [6, 6.07) is 6.74. The first-order valence-corrected chi connectivity index (χ1v) is 14.8. The van der Waals surface area contributed by atoms with E-state index >= 15 is 0 Å². The van der Waals surface area contributed by atoms with Gasteiger partial charge in [0.15, 0.2) is 0 Å². The fraction of sp³-hybridized carbons (Fsp3) is 0.577. The summed E-state index contributed by atoms with van der Waals surface area (Å²) in [5, 5.41) is 12.0. The van der Waals surface area contributed by atoms with E-state index in [0.29, 0.717) is 34.1 Å². The smallest absolute Gasteiger partial charge is 0.258 e. The molecule has 0 bridgehead atoms. The Morgan fingerprint density at radius 3 is 2.49 bits per heavy atom. The highest BCUT2D eigenvalue weighted by Gasteiger charge is 2.46. The summed E-state index contributed by atoms with van der Waals surface area (Å²) in [4.78, 5) is 27.1. The molecule has 2 aliphatic heterocycles. The summed E-state index contributed by atoms with van der Waals surface area (Å²) in [6.07, 6.45) is 5.96. The molecule has 3 heterocycles. The second-order valence-corrected chi connectivity index (χ2v) is 13.0. The van der Waals surface area contributed by atoms with E-state index in [2.05, 4.69) is 29.8 Å². The Hall–Kier alpha value is -2.92. The zero-order valence-corrected chi connectivity index (χ0v) is 21.9. The molecule has 1 amide bonds. The van der Waals surface area contributed by atoms with Crippen LogP contribution in [-0.4, -0.2) is 67.9 Å². The van der Waals surface area contributed by atoms with E-state index < -0.39 is 16.6 Å². The summed E-state index contributed by atoms with van der Waals surface area (Å²) in [7, 11) is -3.68. The summed E-state index contributed by atoms with van der Waals surface area (Å²) in [5.41, 5.74) is 2.80. The molecule has 37 heavy (non-hydrogen) atoms. The number of piperidine rings is 2. The number of aromatic nitrogens is 2. The van der Waals surface area contributed by atoms with Gasteiger partial charge in [-0.05, 0) is 74.5 Å². The van der Waals surface area contributed by atoms with Crippen LogP contribution < -0.4 is 19.8 Å². The molecule has 1 aromatic carbocycles. The van der Waals surface area contributed by atoms with Crippen LogP contribution in [-0.2, 0) is 10.0 Å². The average molecular weight is 527 g/mol. The first kappa shape index (κ1) is 24.4. The number of carbonyl (C=O) groups is 1. The Morgan fingerprint density at radius 1 is 1.08 bits per heavy atom. The zero-order valence-electron chi connectivity index (χ0n) is 21.1. The standard InChI is InChI=1S/C26H34N6O4S/c1-17-12-23(29-25(27-17)32-15-18-13-19(18)16-32)28-24(34)21-3-2-20(30-37(35,36)11-10-33)14-22(21)31-8-6-26(4-5-26)7-9-31/h2-3,12,14,18-19,30,33H,4-11,13,15-16H2,1H3,(H,27,28,29,34). The third-order valence-corrected chi connectivity index (χ3v) is 9.61. The van der Waals surface area contributed by atoms with Gasteiger partial charge in [0.1, 0.15) is 5.82 Å². The molecular formula is C26H34N6O4S. The predicted molar refractivity (Wildman–Crippen MR) is 143 cm³/mol. The summed E-state index contributed by atoms with van der Waals surface area (Å²) in [6.45, 7) is 5.02. The van der Waals surface area contributed by atoms with Crippen molar-refractivity contribution < 1.29 is 18.3 Å². The molecule has 2 aliphatic carbocycles. The number of nitrogens with one attached hydrogen (secondary N) is 2. The van der Waals surface area contributed by atoms with Crippen molar-refractivity contribution >= 4 is 39.1 Å². The minimum absolute atomic E-state index is 0.292. The largest absolute Gasteiger partial charge is 0.395 e. The number of anilines is 4. The number of aliphatic hydroxyl groups excluding tert-OH is 1. The highest BCUT2D eigenvalue weighted by Crippen LogP contribution is 2.54. The maximum atomic E-state index is 13.5. The van der Waals surface area contributed by atoms with Crippen molar-refractivity contribution in [3.8, 4) is 0 Å². The van der Waals surface area contributed by atoms with Crippen molar-refractivity contribution in [2.24, 2.45) is 17.3 Å². The lowest BCUT2D eigenvalue weighted by atomic mass is 9.93. The fourth-order valence-electron chi connectivity index (χ4n) is 5.80. The Bertz CT molecular complexity index is 1310. The minimum atomic E-state index is -3.68. The predicted octanol–water partition coefficient (Wildman–Crippen LogP) is 2.61. The van der Waals surface area contributed by atoms with Gasteiger partial charge in [-0.25, -0.2) is 13.4 Å². The minimum Gasteiger partial charge on any atom is -0.395 e. The Balaban J connectivity index is 1.25. The number of nitrogens with zero attached hydrogens (tertiary/aromatic N) is 4. The zero-order chi connectivity index (χ0) is 25.8. The number of hydrogen-bond acceptors (Lipinski definition) is 8. The molecule has 2 saturated carbocycles. The third kappa shape index (κ3) is 5.24. The molecule has 2 aromatic rings. The SMILES string of the molecule is Cc1cc(NC(=O)c2ccc(NS(=O)(=O)CCO)cc2N2CCC3(CC2)CC3)nc(N2CC3CC3C2)n1. The van der Waals surface area contributed by atoms with Crippen LogP contribution in [0.3, 0.4) is 0 Å². The summed E-state index contributed by atoms with van der Waals surface area (Å²) in [5.74, 6) is 1.93. The molecule has 1 spiro atoms. The van der Waals surface area contributed by atoms with Gasteiger partial charge < -0.3 is 20.2 Å². The van der Waals surface area contributed by atoms with Gasteiger partial charge in [0.25, 0.3) is 5.91 Å². The van der Waals surface area contributed by atoms with Gasteiger partial charge in [0.05, 0.1) is 29.3 Å². The lowest BCUT2D eigenvalue weighted by molar-refractivity contribution is 0.102. The lowest BCUT2D eigenvalue weighted by Gasteiger charge is -2.35. The average Bonchev–Trinajstić information content (AvgIpc) is 3.75. The number of aliphatic hydroxyl groups is 1. The molecule has 10 nitrogen and oxygen atoms in total. The molecule has 11 heteroatoms. The highest BCUT2D eigenvalue weighted by atomic mass is 32.2. The molecule has 198 valence electrons. The van der Waals surface area contributed by atoms with E-state index in [9.17, 15) is 13.2 Å². The number of carbonyl (C=O) groups excluding carboxylic acids is 1. The van der Waals surface area contributed by atoms with Gasteiger partial charge in [-0.2, -0.15) is 4.98 Å². The van der Waals surface area contributed by atoms with Gasteiger partial charge in [-0.3, -0.25) is 9.52 Å². The monoisotopic (exact) mass is 526 g/mol. The number of sulfonamides is 1. The van der Waals surface area contributed by atoms with Gasteiger partial charge in [0, 0.05) is 37.9 Å². The fourth-order valence-corrected chi connectivity index (χ4v) is 6.63. The summed E-state index contributed by atoms with van der Waals surface area (Å²) < 4.78 is 27.0. The van der Waals surface area contributed by atoms with Gasteiger partial charge in [0.2, 0.25) is 16.0 Å². The highest BCUT2D eigenvalue weighted by molar-refractivity contribution is 7.92. The Kier molecular flexibility index (Phi) is 6.02. The van der Waals surface area contributed by atoms with Crippen LogP contribution >= 0.6 is 0 Å². The molecule has 2 saturated heterocycles. The third-order valence-electron chi connectivity index (χ3n) is 8.34. The van der Waals surface area contributed by atoms with E-state index in [1.54, 1.807) is 24.3 Å². The second kappa shape index (κ2) is 9.13. The van der Waals surface area contributed by atoms with Crippen molar-refractivity contribution in [3.63, 3.8) is 0 Å². The molecule has 0 radical (unpaired) electrons. The molecule has 2 atom stereocenters. The van der Waals surface area contributed by atoms with Crippen molar-refractivity contribution in [2.45, 2.75) is 39.0 Å². The van der Waals surface area contributed by atoms with Gasteiger partial charge >= 0.3 is 0 Å². The van der Waals surface area contributed by atoms with Crippen molar-refractivity contribution in [1.82, 2.24) is 9.97 Å². The van der Waals surface area contributed by atoms with Crippen LogP contribution in [0.25, 0.3) is 0 Å². The number of rotatable bonds is 8. The van der Waals surface area contributed by atoms with Crippen LogP contribution in [0.15, 0.2) is 24.3 Å². The van der Waals surface area contributed by atoms with Crippen molar-refractivity contribution in [3.05, 3.63) is 35.5 Å². The first-order valence-electron chi connectivity index (χ1n) is 13.1. The van der Waals surface area contributed by atoms with Crippen LogP contribution in [0, 0.1) is 24.2 Å². The van der Waals surface area contributed by atoms with Crippen LogP contribution in [0.5, 0.6) is 0 Å². The van der Waals surface area contributed by atoms with Gasteiger partial charge in [-0.15, -0.1) is 0 Å². The van der Waals surface area contributed by atoms with Crippen molar-refractivity contribution in [2.75, 3.05) is 58.4 Å². The van der Waals surface area contributed by atoms with Gasteiger partial charge in [-0.1, -0.05) is 0 Å². The molecule has 1 aromatic heterocycles. The van der Waals surface area contributed by atoms with Crippen molar-refractivity contribution in [1.29, 1.82) is 0 Å². The van der Waals surface area contributed by atoms with Crippen LogP contribution in [0.4, 0.5) is 23.1 Å². The molecular weight excluding hydrogens is 492 g/mol. The number of amides is 1. The van der Waals surface area contributed by atoms with E-state index in [1.165, 1.54) is 19.3 Å². The maximum absolute atomic E-state index is 13.5. The maximum Gasteiger partial charge on any atom is 0.258 e. The Morgan fingerprint density at radius 2 is 1.81 bits per heavy atom. The molecule has 3 N–H and O–H groups in total. The molecule has 2 unspecified atom stereocenters.